The topological polar surface area (TPSA) is 37.3 Å². The monoisotopic (exact) mass is 696 g/mol. The molecule has 0 radical (unpaired) electrons. The van der Waals surface area contributed by atoms with Crippen LogP contribution in [0, 0.1) is 0 Å². The summed E-state index contributed by atoms with van der Waals surface area (Å²) in [5.41, 5.74) is -3.51. The molecule has 0 spiro atoms. The van der Waals surface area contributed by atoms with E-state index in [1.54, 1.807) is 13.0 Å². The van der Waals surface area contributed by atoms with Gasteiger partial charge in [0.05, 0.1) is 0 Å². The summed E-state index contributed by atoms with van der Waals surface area (Å²) in [6, 6.07) is 16.3. The number of carbonyl (C=O) groups is 1. The lowest BCUT2D eigenvalue weighted by molar-refractivity contribution is -0.376. The Bertz CT molecular complexity index is 1380. The van der Waals surface area contributed by atoms with Gasteiger partial charge in [0.15, 0.2) is 0 Å². The molecule has 3 aromatic carbocycles. The van der Waals surface area contributed by atoms with Crippen molar-refractivity contribution in [2.75, 3.05) is 0 Å². The number of Topliss-reactive ketones (excluding diaryl/α,β-unsaturated/α-hetero) is 1. The Balaban J connectivity index is 0.000000918. The molecule has 0 fully saturated rings. The second-order valence-corrected chi connectivity index (χ2v) is 12.4. The van der Waals surface area contributed by atoms with Crippen LogP contribution in [0.4, 0.5) is 26.3 Å². The van der Waals surface area contributed by atoms with E-state index in [0.29, 0.717) is 43.2 Å². The van der Waals surface area contributed by atoms with Crippen molar-refractivity contribution in [3.8, 4) is 0 Å². The van der Waals surface area contributed by atoms with Gasteiger partial charge >= 0.3 is 12.4 Å². The average molecular weight is 697 g/mol. The first-order chi connectivity index (χ1) is 22.9. The lowest BCUT2D eigenvalue weighted by atomic mass is 9.80. The third-order valence-electron chi connectivity index (χ3n) is 8.34. The molecule has 0 aliphatic rings. The zero-order valence-electron chi connectivity index (χ0n) is 31.0. The Morgan fingerprint density at radius 2 is 1.18 bits per heavy atom. The summed E-state index contributed by atoms with van der Waals surface area (Å²) in [4.78, 5) is 11.6. The smallest absolute Gasteiger partial charge is 0.369 e. The Kier molecular flexibility index (Phi) is 19.8. The van der Waals surface area contributed by atoms with Crippen molar-refractivity contribution in [3.05, 3.63) is 95.1 Å². The maximum Gasteiger partial charge on any atom is 0.430 e. The molecule has 0 unspecified atom stereocenters. The zero-order valence-corrected chi connectivity index (χ0v) is 31.0. The van der Waals surface area contributed by atoms with Crippen molar-refractivity contribution in [3.63, 3.8) is 0 Å². The van der Waals surface area contributed by atoms with E-state index >= 15 is 0 Å². The summed E-state index contributed by atoms with van der Waals surface area (Å²) < 4.78 is 80.0. The Morgan fingerprint density at radius 3 is 1.59 bits per heavy atom. The van der Waals surface area contributed by atoms with Gasteiger partial charge in [-0.15, -0.1) is 6.58 Å². The number of halogens is 6. The van der Waals surface area contributed by atoms with Crippen molar-refractivity contribution in [1.82, 2.24) is 0 Å². The van der Waals surface area contributed by atoms with Crippen molar-refractivity contribution in [1.29, 1.82) is 0 Å². The molecule has 0 aromatic heterocycles. The highest BCUT2D eigenvalue weighted by Gasteiger charge is 2.71. The molecule has 1 N–H and O–H groups in total. The molecule has 2 nitrogen and oxygen atoms in total. The molecule has 8 heteroatoms. The van der Waals surface area contributed by atoms with Gasteiger partial charge in [0.25, 0.3) is 5.60 Å². The zero-order chi connectivity index (χ0) is 38.1. The molecular weight excluding hydrogens is 638 g/mol. The van der Waals surface area contributed by atoms with Gasteiger partial charge in [-0.2, -0.15) is 26.3 Å². The minimum Gasteiger partial charge on any atom is -0.369 e. The van der Waals surface area contributed by atoms with Crippen molar-refractivity contribution >= 4 is 16.6 Å². The van der Waals surface area contributed by atoms with E-state index < -0.39 is 28.9 Å². The van der Waals surface area contributed by atoms with E-state index in [4.69, 9.17) is 0 Å². The van der Waals surface area contributed by atoms with Crippen LogP contribution in [0.15, 0.2) is 67.3 Å². The lowest BCUT2D eigenvalue weighted by Crippen LogP contribution is -2.54. The van der Waals surface area contributed by atoms with Crippen LogP contribution in [0.1, 0.15) is 129 Å². The van der Waals surface area contributed by atoms with Gasteiger partial charge in [0.2, 0.25) is 0 Å². The third kappa shape index (κ3) is 12.6. The number of unbranched alkanes of at least 4 members (excludes halogenated alkanes) is 3. The molecule has 49 heavy (non-hydrogen) atoms. The van der Waals surface area contributed by atoms with Gasteiger partial charge in [-0.1, -0.05) is 127 Å². The minimum atomic E-state index is -5.86. The fraction of sp³-hybridized carbons (Fsp3) is 0.537. The molecular formula is C41H58F6O2. The number of alkyl halides is 6. The van der Waals surface area contributed by atoms with Crippen LogP contribution in [0.2, 0.25) is 0 Å². The van der Waals surface area contributed by atoms with Gasteiger partial charge in [-0.25, -0.2) is 0 Å². The van der Waals surface area contributed by atoms with Gasteiger partial charge < -0.3 is 5.11 Å². The second-order valence-electron chi connectivity index (χ2n) is 12.4. The Morgan fingerprint density at radius 1 is 0.714 bits per heavy atom. The standard InChI is InChI=1S/C21H30F6O.C15H16O.C3H6.C2H6/c1-4-7-8-9-12-18-15(10-5-2)13-17(14-16(18)11-6-3)19(28,20(22,23)24)21(25,26)27;1-11(16)15(2,3)14-9-8-12-6-4-5-7-13(12)10-14;1-3-2;1-2/h13-14,28H,4-12H2,1-3H3;4-10H,1-3H3;3H,1H2,2H3;1-2H3. The van der Waals surface area contributed by atoms with Crippen LogP contribution in [-0.4, -0.2) is 23.2 Å². The van der Waals surface area contributed by atoms with Crippen LogP contribution in [0.5, 0.6) is 0 Å². The van der Waals surface area contributed by atoms with E-state index in [9.17, 15) is 36.2 Å². The molecule has 0 saturated carbocycles. The number of aryl methyl sites for hydroxylation is 2. The number of benzene rings is 3. The van der Waals surface area contributed by atoms with Crippen LogP contribution < -0.4 is 0 Å². The predicted octanol–water partition coefficient (Wildman–Crippen LogP) is 13.0. The summed E-state index contributed by atoms with van der Waals surface area (Å²) in [7, 11) is 0. The first-order valence-electron chi connectivity index (χ1n) is 17.4. The van der Waals surface area contributed by atoms with Crippen molar-refractivity contribution in [2.24, 2.45) is 0 Å². The Labute approximate surface area is 291 Å². The molecule has 0 bridgehead atoms. The van der Waals surface area contributed by atoms with E-state index in [1.165, 1.54) is 10.8 Å². The van der Waals surface area contributed by atoms with Crippen LogP contribution in [-0.2, 0) is 35.1 Å². The van der Waals surface area contributed by atoms with E-state index in [-0.39, 0.29) is 5.78 Å². The number of carbonyl (C=O) groups excluding carboxylic acids is 1. The third-order valence-corrected chi connectivity index (χ3v) is 8.34. The first-order valence-corrected chi connectivity index (χ1v) is 17.4. The molecule has 0 aliphatic heterocycles. The molecule has 0 aliphatic carbocycles. The fourth-order valence-corrected chi connectivity index (χ4v) is 5.31. The fourth-order valence-electron chi connectivity index (χ4n) is 5.31. The highest BCUT2D eigenvalue weighted by Crippen LogP contribution is 2.50. The Hall–Kier alpha value is -3.13. The number of rotatable bonds is 12. The van der Waals surface area contributed by atoms with Gasteiger partial charge in [-0.3, -0.25) is 4.79 Å². The summed E-state index contributed by atoms with van der Waals surface area (Å²) in [5, 5.41) is 12.2. The molecule has 3 aromatic rings. The maximum absolute atomic E-state index is 13.3. The molecule has 0 heterocycles. The quantitative estimate of drug-likeness (QED) is 0.116. The molecule has 276 valence electrons. The maximum atomic E-state index is 13.3. The number of hydrogen-bond acceptors (Lipinski definition) is 2. The highest BCUT2D eigenvalue weighted by atomic mass is 19.4. The van der Waals surface area contributed by atoms with Crippen LogP contribution >= 0.6 is 0 Å². The van der Waals surface area contributed by atoms with Crippen molar-refractivity contribution in [2.45, 2.75) is 143 Å². The SMILES string of the molecule is C=CC.CC.CC(=O)C(C)(C)c1ccc2ccccc2c1.CCCCCCc1c(CCC)cc(C(O)(C(F)(F)F)C(F)(F)F)cc1CCC. The molecule has 0 atom stereocenters. The van der Waals surface area contributed by atoms with Crippen molar-refractivity contribution < 1.29 is 36.2 Å². The number of aliphatic hydroxyl groups is 1. The summed E-state index contributed by atoms with van der Waals surface area (Å²) in [5.74, 6) is 0.197. The van der Waals surface area contributed by atoms with Crippen LogP contribution in [0.25, 0.3) is 10.8 Å². The summed E-state index contributed by atoms with van der Waals surface area (Å²) in [6.07, 6.45) is -3.55. The summed E-state index contributed by atoms with van der Waals surface area (Å²) >= 11 is 0. The van der Waals surface area contributed by atoms with Gasteiger partial charge in [-0.05, 0) is 86.4 Å². The first kappa shape index (κ1) is 45.9. The lowest BCUT2D eigenvalue weighted by Gasteiger charge is -2.34. The number of allylic oxidation sites excluding steroid dienone is 1. The van der Waals surface area contributed by atoms with Gasteiger partial charge in [0, 0.05) is 11.0 Å². The summed E-state index contributed by atoms with van der Waals surface area (Å²) in [6.45, 7) is 20.6. The molecule has 0 amide bonds. The van der Waals surface area contributed by atoms with Gasteiger partial charge in [0.1, 0.15) is 5.78 Å². The largest absolute Gasteiger partial charge is 0.430 e. The predicted molar refractivity (Wildman–Crippen MR) is 193 cm³/mol. The number of hydrogen-bond donors (Lipinski definition) is 1. The normalized spacial score (nSPS) is 11.8. The van der Waals surface area contributed by atoms with E-state index in [2.05, 4.69) is 37.8 Å². The van der Waals surface area contributed by atoms with E-state index in [1.807, 2.05) is 66.7 Å². The molecule has 0 saturated heterocycles. The number of ketones is 1. The number of fused-ring (bicyclic) bond motifs is 1. The second kappa shape index (κ2) is 21.2. The average Bonchev–Trinajstić information content (AvgIpc) is 3.04. The molecule has 3 rings (SSSR count). The minimum absolute atomic E-state index is 0.197. The van der Waals surface area contributed by atoms with Crippen LogP contribution in [0.3, 0.4) is 0 Å². The van der Waals surface area contributed by atoms with E-state index in [0.717, 1.165) is 48.9 Å². The highest BCUT2D eigenvalue weighted by molar-refractivity contribution is 5.90.